The highest BCUT2D eigenvalue weighted by atomic mass is 32.1. The molecule has 2 aliphatic rings. The lowest BCUT2D eigenvalue weighted by Gasteiger charge is -2.32. The maximum atomic E-state index is 13.8. The van der Waals surface area contributed by atoms with Gasteiger partial charge in [-0.3, -0.25) is 4.79 Å². The average Bonchev–Trinajstić information content (AvgIpc) is 3.09. The lowest BCUT2D eigenvalue weighted by Crippen LogP contribution is -2.41. The van der Waals surface area contributed by atoms with Crippen LogP contribution in [0.25, 0.3) is 10.2 Å². The summed E-state index contributed by atoms with van der Waals surface area (Å²) in [7, 11) is 0. The summed E-state index contributed by atoms with van der Waals surface area (Å²) in [6.07, 6.45) is 4.37. The Morgan fingerprint density at radius 2 is 2.04 bits per heavy atom. The van der Waals surface area contributed by atoms with E-state index in [1.54, 1.807) is 17.4 Å². The van der Waals surface area contributed by atoms with E-state index in [1.807, 2.05) is 6.07 Å². The number of halogens is 1. The Balaban J connectivity index is 1.29. The second kappa shape index (κ2) is 7.88. The van der Waals surface area contributed by atoms with Gasteiger partial charge in [-0.1, -0.05) is 17.4 Å². The zero-order valence-corrected chi connectivity index (χ0v) is 15.6. The number of carbonyl (C=O) groups excluding carboxylic acids is 1. The van der Waals surface area contributed by atoms with E-state index in [1.165, 1.54) is 6.07 Å². The van der Waals surface area contributed by atoms with Gasteiger partial charge < -0.3 is 15.0 Å². The van der Waals surface area contributed by atoms with Gasteiger partial charge in [0.2, 0.25) is 5.91 Å². The number of amides is 1. The number of ether oxygens (including phenoxy) is 1. The van der Waals surface area contributed by atoms with Gasteiger partial charge in [0.15, 0.2) is 5.13 Å². The molecule has 1 aromatic carbocycles. The van der Waals surface area contributed by atoms with E-state index in [0.29, 0.717) is 17.9 Å². The predicted molar refractivity (Wildman–Crippen MR) is 101 cm³/mol. The van der Waals surface area contributed by atoms with Gasteiger partial charge in [0.1, 0.15) is 11.3 Å². The van der Waals surface area contributed by atoms with E-state index < -0.39 is 0 Å². The van der Waals surface area contributed by atoms with Crippen LogP contribution >= 0.6 is 11.3 Å². The van der Waals surface area contributed by atoms with E-state index in [0.717, 1.165) is 61.8 Å². The molecule has 3 heterocycles. The molecule has 7 heteroatoms. The molecule has 2 aromatic rings. The highest BCUT2D eigenvalue weighted by Gasteiger charge is 2.25. The van der Waals surface area contributed by atoms with Crippen molar-refractivity contribution in [1.29, 1.82) is 0 Å². The number of piperidine rings is 1. The molecular weight excluding hydrogens is 353 g/mol. The van der Waals surface area contributed by atoms with Crippen LogP contribution in [-0.2, 0) is 9.53 Å². The van der Waals surface area contributed by atoms with Gasteiger partial charge in [-0.15, -0.1) is 0 Å². The van der Waals surface area contributed by atoms with E-state index in [9.17, 15) is 9.18 Å². The summed E-state index contributed by atoms with van der Waals surface area (Å²) in [5.41, 5.74) is 0.463. The van der Waals surface area contributed by atoms with Crippen LogP contribution in [0.2, 0.25) is 0 Å². The number of hydrogen-bond donors (Lipinski definition) is 1. The highest BCUT2D eigenvalue weighted by Crippen LogP contribution is 2.33. The van der Waals surface area contributed by atoms with Crippen LogP contribution in [0.4, 0.5) is 9.52 Å². The third-order valence-electron chi connectivity index (χ3n) is 5.30. The number of anilines is 1. The molecule has 0 bridgehead atoms. The van der Waals surface area contributed by atoms with Crippen LogP contribution in [0, 0.1) is 11.7 Å². The molecule has 1 aromatic heterocycles. The molecule has 2 fully saturated rings. The summed E-state index contributed by atoms with van der Waals surface area (Å²) < 4.78 is 20.1. The SMILES string of the molecule is O=C(CC1CCN(c2nc3c(F)cccc3s2)CC1)NC1CCOCC1. The fourth-order valence-corrected chi connectivity index (χ4v) is 4.79. The van der Waals surface area contributed by atoms with Crippen molar-refractivity contribution in [3.63, 3.8) is 0 Å². The third-order valence-corrected chi connectivity index (χ3v) is 6.39. The van der Waals surface area contributed by atoms with Crippen LogP contribution < -0.4 is 10.2 Å². The third kappa shape index (κ3) is 3.99. The Morgan fingerprint density at radius 1 is 1.27 bits per heavy atom. The van der Waals surface area contributed by atoms with Crippen LogP contribution in [0.1, 0.15) is 32.1 Å². The van der Waals surface area contributed by atoms with Gasteiger partial charge in [0.25, 0.3) is 0 Å². The van der Waals surface area contributed by atoms with E-state index >= 15 is 0 Å². The van der Waals surface area contributed by atoms with Gasteiger partial charge >= 0.3 is 0 Å². The van der Waals surface area contributed by atoms with Crippen molar-refractivity contribution in [3.8, 4) is 0 Å². The summed E-state index contributed by atoms with van der Waals surface area (Å²) in [5, 5.41) is 4.03. The molecule has 0 saturated carbocycles. The molecule has 1 amide bonds. The van der Waals surface area contributed by atoms with Crippen molar-refractivity contribution in [2.75, 3.05) is 31.2 Å². The zero-order valence-electron chi connectivity index (χ0n) is 14.7. The van der Waals surface area contributed by atoms with Gasteiger partial charge in [-0.05, 0) is 43.7 Å². The maximum Gasteiger partial charge on any atom is 0.220 e. The van der Waals surface area contributed by atoms with Crippen LogP contribution in [0.15, 0.2) is 18.2 Å². The zero-order chi connectivity index (χ0) is 17.9. The van der Waals surface area contributed by atoms with Crippen molar-refractivity contribution in [3.05, 3.63) is 24.0 Å². The number of thiazole rings is 1. The first-order chi connectivity index (χ1) is 12.7. The monoisotopic (exact) mass is 377 g/mol. The number of rotatable bonds is 4. The van der Waals surface area contributed by atoms with E-state index in [2.05, 4.69) is 15.2 Å². The lowest BCUT2D eigenvalue weighted by atomic mass is 9.93. The number of aromatic nitrogens is 1. The molecule has 0 unspecified atom stereocenters. The first kappa shape index (κ1) is 17.7. The largest absolute Gasteiger partial charge is 0.381 e. The molecule has 0 spiro atoms. The minimum Gasteiger partial charge on any atom is -0.381 e. The molecule has 1 N–H and O–H groups in total. The molecule has 0 aliphatic carbocycles. The Bertz CT molecular complexity index is 767. The van der Waals surface area contributed by atoms with Crippen LogP contribution in [-0.4, -0.2) is 43.2 Å². The summed E-state index contributed by atoms with van der Waals surface area (Å²) in [4.78, 5) is 19.0. The average molecular weight is 377 g/mol. The summed E-state index contributed by atoms with van der Waals surface area (Å²) in [6, 6.07) is 5.36. The molecule has 2 aliphatic heterocycles. The molecule has 0 atom stereocenters. The van der Waals surface area contributed by atoms with Gasteiger partial charge in [0, 0.05) is 38.8 Å². The topological polar surface area (TPSA) is 54.5 Å². The van der Waals surface area contributed by atoms with Crippen molar-refractivity contribution in [2.24, 2.45) is 5.92 Å². The van der Waals surface area contributed by atoms with Crippen LogP contribution in [0.5, 0.6) is 0 Å². The molecule has 140 valence electrons. The number of carbonyl (C=O) groups is 1. The summed E-state index contributed by atoms with van der Waals surface area (Å²) in [6.45, 7) is 3.23. The van der Waals surface area contributed by atoms with Gasteiger partial charge in [0.05, 0.1) is 4.70 Å². The number of benzene rings is 1. The van der Waals surface area contributed by atoms with Gasteiger partial charge in [-0.2, -0.15) is 0 Å². The van der Waals surface area contributed by atoms with Crippen molar-refractivity contribution >= 4 is 32.6 Å². The molecule has 2 saturated heterocycles. The normalized spacial score (nSPS) is 19.8. The number of hydrogen-bond acceptors (Lipinski definition) is 5. The molecule has 4 rings (SSSR count). The number of nitrogens with one attached hydrogen (secondary N) is 1. The fourth-order valence-electron chi connectivity index (χ4n) is 3.76. The maximum absolute atomic E-state index is 13.8. The summed E-state index contributed by atoms with van der Waals surface area (Å²) in [5.74, 6) is 0.319. The fraction of sp³-hybridized carbons (Fsp3) is 0.579. The first-order valence-electron chi connectivity index (χ1n) is 9.36. The van der Waals surface area contributed by atoms with E-state index in [-0.39, 0.29) is 17.8 Å². The second-order valence-corrected chi connectivity index (χ2v) is 8.18. The Hall–Kier alpha value is -1.73. The van der Waals surface area contributed by atoms with Gasteiger partial charge in [-0.25, -0.2) is 9.37 Å². The molecule has 0 radical (unpaired) electrons. The van der Waals surface area contributed by atoms with Crippen molar-refractivity contribution < 1.29 is 13.9 Å². The van der Waals surface area contributed by atoms with Crippen LogP contribution in [0.3, 0.4) is 0 Å². The highest BCUT2D eigenvalue weighted by molar-refractivity contribution is 7.22. The predicted octanol–water partition coefficient (Wildman–Crippen LogP) is 3.34. The molecule has 5 nitrogen and oxygen atoms in total. The quantitative estimate of drug-likeness (QED) is 0.888. The van der Waals surface area contributed by atoms with Crippen molar-refractivity contribution in [2.45, 2.75) is 38.1 Å². The molecule has 26 heavy (non-hydrogen) atoms. The van der Waals surface area contributed by atoms with E-state index in [4.69, 9.17) is 4.74 Å². The number of nitrogens with zero attached hydrogens (tertiary/aromatic N) is 2. The Morgan fingerprint density at radius 3 is 2.77 bits per heavy atom. The van der Waals surface area contributed by atoms with Crippen molar-refractivity contribution in [1.82, 2.24) is 10.3 Å². The number of para-hydroxylation sites is 1. The molecular formula is C19H24FN3O2S. The second-order valence-electron chi connectivity index (χ2n) is 7.17. The Kier molecular flexibility index (Phi) is 5.36. The minimum atomic E-state index is -0.260. The smallest absolute Gasteiger partial charge is 0.220 e. The standard InChI is InChI=1S/C19H24FN3O2S/c20-15-2-1-3-16-18(15)22-19(26-16)23-8-4-13(5-9-23)12-17(24)21-14-6-10-25-11-7-14/h1-3,13-14H,4-12H2,(H,21,24). The first-order valence-corrected chi connectivity index (χ1v) is 10.2. The lowest BCUT2D eigenvalue weighted by molar-refractivity contribution is -0.123. The minimum absolute atomic E-state index is 0.164. The summed E-state index contributed by atoms with van der Waals surface area (Å²) >= 11 is 1.54. The Labute approximate surface area is 156 Å². The number of fused-ring (bicyclic) bond motifs is 1.